The average Bonchev–Trinajstić information content (AvgIpc) is 2.54. The summed E-state index contributed by atoms with van der Waals surface area (Å²) in [5.74, 6) is -0.609. The van der Waals surface area contributed by atoms with Gasteiger partial charge in [-0.2, -0.15) is 0 Å². The van der Waals surface area contributed by atoms with Crippen molar-refractivity contribution in [3.8, 4) is 0 Å². The maximum absolute atomic E-state index is 12.6. The Balaban J connectivity index is 2.90. The van der Waals surface area contributed by atoms with Crippen LogP contribution in [0.1, 0.15) is 46.5 Å². The monoisotopic (exact) mass is 330 g/mol. The smallest absolute Gasteiger partial charge is 0.228 e. The molecule has 0 N–H and O–H groups in total. The molecule has 2 radical (unpaired) electrons. The van der Waals surface area contributed by atoms with Crippen LogP contribution in [0.2, 0.25) is 0 Å². The highest BCUT2D eigenvalue weighted by atomic mass is 16.5. The van der Waals surface area contributed by atoms with Gasteiger partial charge in [-0.25, -0.2) is 0 Å². The Morgan fingerprint density at radius 3 is 2.12 bits per heavy atom. The number of hydrogen-bond acceptors (Lipinski definition) is 4. The van der Waals surface area contributed by atoms with Gasteiger partial charge in [-0.3, -0.25) is 9.59 Å². The van der Waals surface area contributed by atoms with Crippen molar-refractivity contribution in [1.82, 2.24) is 0 Å². The molecule has 1 aliphatic rings. The van der Waals surface area contributed by atoms with Crippen LogP contribution in [0.5, 0.6) is 0 Å². The van der Waals surface area contributed by atoms with E-state index in [1.807, 2.05) is 19.9 Å². The quantitative estimate of drug-likeness (QED) is 0.496. The molecule has 0 atom stereocenters. The molecule has 0 amide bonds. The summed E-state index contributed by atoms with van der Waals surface area (Å²) >= 11 is 0. The lowest BCUT2D eigenvalue weighted by atomic mass is 9.89. The van der Waals surface area contributed by atoms with Crippen molar-refractivity contribution in [3.63, 3.8) is 0 Å². The van der Waals surface area contributed by atoms with Crippen LogP contribution in [0, 0.1) is 6.92 Å². The number of allylic oxidation sites excluding steroid dienone is 6. The van der Waals surface area contributed by atoms with E-state index in [1.165, 1.54) is 19.8 Å². The van der Waals surface area contributed by atoms with Gasteiger partial charge in [0, 0.05) is 11.1 Å². The molecule has 0 fully saturated rings. The Morgan fingerprint density at radius 2 is 1.58 bits per heavy atom. The van der Waals surface area contributed by atoms with Gasteiger partial charge in [-0.05, 0) is 53.4 Å². The Morgan fingerprint density at radius 1 is 1.00 bits per heavy atom. The Hall–Kier alpha value is -2.10. The van der Waals surface area contributed by atoms with Gasteiger partial charge in [-0.1, -0.05) is 23.3 Å². The maximum atomic E-state index is 12.6. The van der Waals surface area contributed by atoms with Crippen LogP contribution < -0.4 is 0 Å². The Labute approximate surface area is 144 Å². The lowest BCUT2D eigenvalue weighted by Gasteiger charge is -2.20. The number of carbonyl (C=O) groups excluding carboxylic acids is 2. The van der Waals surface area contributed by atoms with Gasteiger partial charge in [-0.15, -0.1) is 0 Å². The molecule has 0 aromatic carbocycles. The van der Waals surface area contributed by atoms with E-state index < -0.39 is 0 Å². The SMILES string of the molecule is [CH]C/C=C(\C)CC/C=C(\C)CC1=C(C)C(=O)C(OC)=C(OC)C1=O. The van der Waals surface area contributed by atoms with Gasteiger partial charge >= 0.3 is 0 Å². The number of ketones is 2. The van der Waals surface area contributed by atoms with Crippen molar-refractivity contribution < 1.29 is 19.1 Å². The molecular formula is C20H26O4. The topological polar surface area (TPSA) is 52.6 Å². The zero-order valence-electron chi connectivity index (χ0n) is 15.2. The van der Waals surface area contributed by atoms with E-state index in [0.29, 0.717) is 24.0 Å². The summed E-state index contributed by atoms with van der Waals surface area (Å²) in [6.07, 6.45) is 6.87. The molecule has 0 unspecified atom stereocenters. The third-order valence-corrected chi connectivity index (χ3v) is 4.05. The van der Waals surface area contributed by atoms with Crippen molar-refractivity contribution in [3.05, 3.63) is 52.9 Å². The molecule has 0 bridgehead atoms. The first kappa shape index (κ1) is 19.9. The molecule has 1 aliphatic carbocycles. The molecular weight excluding hydrogens is 304 g/mol. The average molecular weight is 330 g/mol. The number of methoxy groups -OCH3 is 2. The second-order valence-electron chi connectivity index (χ2n) is 5.88. The number of hydrogen-bond donors (Lipinski definition) is 0. The minimum atomic E-state index is -0.293. The van der Waals surface area contributed by atoms with Gasteiger partial charge in [0.1, 0.15) is 0 Å². The molecule has 0 saturated heterocycles. The van der Waals surface area contributed by atoms with E-state index in [9.17, 15) is 9.59 Å². The molecule has 0 aromatic heterocycles. The van der Waals surface area contributed by atoms with Crippen LogP contribution in [-0.4, -0.2) is 25.8 Å². The summed E-state index contributed by atoms with van der Waals surface area (Å²) < 4.78 is 10.1. The fraction of sp³-hybridized carbons (Fsp3) is 0.450. The lowest BCUT2D eigenvalue weighted by molar-refractivity contribution is -0.121. The summed E-state index contributed by atoms with van der Waals surface area (Å²) in [7, 11) is 2.73. The maximum Gasteiger partial charge on any atom is 0.228 e. The van der Waals surface area contributed by atoms with Gasteiger partial charge in [0.25, 0.3) is 0 Å². The summed E-state index contributed by atoms with van der Waals surface area (Å²) in [6, 6.07) is 0. The highest BCUT2D eigenvalue weighted by molar-refractivity contribution is 6.23. The van der Waals surface area contributed by atoms with E-state index >= 15 is 0 Å². The Bertz CT molecular complexity index is 630. The molecule has 0 aliphatic heterocycles. The van der Waals surface area contributed by atoms with Gasteiger partial charge in [0.15, 0.2) is 0 Å². The molecule has 4 heteroatoms. The zero-order valence-corrected chi connectivity index (χ0v) is 15.2. The molecule has 0 heterocycles. The van der Waals surface area contributed by atoms with Crippen molar-refractivity contribution in [2.45, 2.75) is 46.5 Å². The third-order valence-electron chi connectivity index (χ3n) is 4.05. The lowest BCUT2D eigenvalue weighted by Crippen LogP contribution is -2.25. The summed E-state index contributed by atoms with van der Waals surface area (Å²) in [5, 5.41) is 0. The molecule has 24 heavy (non-hydrogen) atoms. The van der Waals surface area contributed by atoms with Crippen LogP contribution in [0.3, 0.4) is 0 Å². The summed E-state index contributed by atoms with van der Waals surface area (Å²) in [5.41, 5.74) is 3.18. The van der Waals surface area contributed by atoms with E-state index in [2.05, 4.69) is 6.08 Å². The second-order valence-corrected chi connectivity index (χ2v) is 5.88. The molecule has 1 rings (SSSR count). The van der Waals surface area contributed by atoms with Gasteiger partial charge < -0.3 is 9.47 Å². The first-order chi connectivity index (χ1) is 11.4. The normalized spacial score (nSPS) is 16.9. The molecule has 0 spiro atoms. The first-order valence-corrected chi connectivity index (χ1v) is 8.00. The Kier molecular flexibility index (Phi) is 7.69. The largest absolute Gasteiger partial charge is 0.489 e. The predicted octanol–water partition coefficient (Wildman–Crippen LogP) is 4.12. The molecule has 4 nitrogen and oxygen atoms in total. The predicted molar refractivity (Wildman–Crippen MR) is 94.0 cm³/mol. The zero-order chi connectivity index (χ0) is 18.3. The summed E-state index contributed by atoms with van der Waals surface area (Å²) in [6.45, 7) is 11.1. The third kappa shape index (κ3) is 4.70. The first-order valence-electron chi connectivity index (χ1n) is 8.00. The standard InChI is InChI=1S/C20H26O4/c1-7-9-13(2)10-8-11-14(3)12-16-15(4)17(21)19(23-5)20(24-6)18(16)22/h1,9,11H,7-8,10,12H2,2-6H3/b13-9+,14-11+. The fourth-order valence-corrected chi connectivity index (χ4v) is 2.61. The minimum Gasteiger partial charge on any atom is -0.489 e. The van der Waals surface area contributed by atoms with Crippen LogP contribution in [-0.2, 0) is 19.1 Å². The van der Waals surface area contributed by atoms with Gasteiger partial charge in [0.2, 0.25) is 23.1 Å². The van der Waals surface area contributed by atoms with Crippen molar-refractivity contribution in [1.29, 1.82) is 0 Å². The van der Waals surface area contributed by atoms with Crippen molar-refractivity contribution in [2.75, 3.05) is 14.2 Å². The number of rotatable bonds is 8. The minimum absolute atomic E-state index is 0.0161. The van der Waals surface area contributed by atoms with E-state index in [0.717, 1.165) is 18.4 Å². The molecule has 130 valence electrons. The van der Waals surface area contributed by atoms with Gasteiger partial charge in [0.05, 0.1) is 14.2 Å². The van der Waals surface area contributed by atoms with E-state index in [-0.39, 0.29) is 23.1 Å². The van der Waals surface area contributed by atoms with E-state index in [1.54, 1.807) is 6.92 Å². The second kappa shape index (κ2) is 9.26. The van der Waals surface area contributed by atoms with E-state index in [4.69, 9.17) is 16.4 Å². The summed E-state index contributed by atoms with van der Waals surface area (Å²) in [4.78, 5) is 24.9. The number of Topliss-reactive ketones (excluding diaryl/α,β-unsaturated/α-hetero) is 2. The molecule has 0 saturated carbocycles. The van der Waals surface area contributed by atoms with Crippen molar-refractivity contribution >= 4 is 11.6 Å². The molecule has 0 aromatic rings. The van der Waals surface area contributed by atoms with Crippen LogP contribution in [0.25, 0.3) is 0 Å². The van der Waals surface area contributed by atoms with Crippen molar-refractivity contribution in [2.24, 2.45) is 0 Å². The number of ether oxygens (including phenoxy) is 2. The van der Waals surface area contributed by atoms with Crippen LogP contribution in [0.4, 0.5) is 0 Å². The fourth-order valence-electron chi connectivity index (χ4n) is 2.61. The highest BCUT2D eigenvalue weighted by Crippen LogP contribution is 2.29. The number of carbonyl (C=O) groups is 2. The van der Waals surface area contributed by atoms with Crippen LogP contribution in [0.15, 0.2) is 46.0 Å². The van der Waals surface area contributed by atoms with Crippen LogP contribution >= 0.6 is 0 Å². The highest BCUT2D eigenvalue weighted by Gasteiger charge is 2.34.